The summed E-state index contributed by atoms with van der Waals surface area (Å²) in [7, 11) is 0. The van der Waals surface area contributed by atoms with Crippen molar-refractivity contribution in [2.24, 2.45) is 16.1 Å². The van der Waals surface area contributed by atoms with Crippen LogP contribution >= 0.6 is 0 Å². The van der Waals surface area contributed by atoms with Gasteiger partial charge in [-0.05, 0) is 36.4 Å². The van der Waals surface area contributed by atoms with Crippen LogP contribution in [0.5, 0.6) is 0 Å². The van der Waals surface area contributed by atoms with Crippen molar-refractivity contribution in [3.8, 4) is 0 Å². The Morgan fingerprint density at radius 2 is 1.31 bits per heavy atom. The Morgan fingerprint density at radius 1 is 0.750 bits per heavy atom. The van der Waals surface area contributed by atoms with Crippen LogP contribution in [0.4, 0.5) is 17.1 Å². The number of nitrogens with one attached hydrogen (secondary N) is 1. The van der Waals surface area contributed by atoms with E-state index in [0.29, 0.717) is 0 Å². The Labute approximate surface area is 93.8 Å². The van der Waals surface area contributed by atoms with E-state index in [4.69, 9.17) is 5.84 Å². The molecule has 16 heavy (non-hydrogen) atoms. The second-order valence-electron chi connectivity index (χ2n) is 3.23. The number of hydrazine groups is 1. The summed E-state index contributed by atoms with van der Waals surface area (Å²) in [6.45, 7) is 0. The van der Waals surface area contributed by atoms with Gasteiger partial charge in [-0.15, -0.1) is 0 Å². The molecule has 0 aromatic heterocycles. The molecule has 0 unspecified atom stereocenters. The molecule has 0 bridgehead atoms. The van der Waals surface area contributed by atoms with Crippen molar-refractivity contribution in [1.29, 1.82) is 0 Å². The molecule has 0 amide bonds. The number of nitrogens with two attached hydrogens (primary N) is 1. The number of hydrogen-bond acceptors (Lipinski definition) is 4. The van der Waals surface area contributed by atoms with Crippen molar-refractivity contribution in [3.05, 3.63) is 54.6 Å². The van der Waals surface area contributed by atoms with Gasteiger partial charge in [-0.3, -0.25) is 5.84 Å². The third-order valence-electron chi connectivity index (χ3n) is 2.07. The summed E-state index contributed by atoms with van der Waals surface area (Å²) in [6.07, 6.45) is 0. The third kappa shape index (κ3) is 2.65. The van der Waals surface area contributed by atoms with Crippen molar-refractivity contribution < 1.29 is 0 Å². The van der Waals surface area contributed by atoms with Gasteiger partial charge >= 0.3 is 0 Å². The Hall–Kier alpha value is -2.20. The van der Waals surface area contributed by atoms with E-state index in [1.54, 1.807) is 0 Å². The molecule has 4 heteroatoms. The van der Waals surface area contributed by atoms with Crippen LogP contribution in [0.15, 0.2) is 64.8 Å². The third-order valence-corrected chi connectivity index (χ3v) is 2.07. The monoisotopic (exact) mass is 212 g/mol. The van der Waals surface area contributed by atoms with Crippen LogP contribution in [-0.4, -0.2) is 0 Å². The molecule has 4 nitrogen and oxygen atoms in total. The lowest BCUT2D eigenvalue weighted by atomic mass is 10.3. The molecule has 2 rings (SSSR count). The van der Waals surface area contributed by atoms with E-state index in [-0.39, 0.29) is 0 Å². The normalized spacial score (nSPS) is 10.6. The minimum Gasteiger partial charge on any atom is -0.324 e. The fourth-order valence-corrected chi connectivity index (χ4v) is 1.23. The van der Waals surface area contributed by atoms with Gasteiger partial charge in [0.05, 0.1) is 11.4 Å². The first kappa shape index (κ1) is 10.3. The summed E-state index contributed by atoms with van der Waals surface area (Å²) in [5.41, 5.74) is 5.03. The summed E-state index contributed by atoms with van der Waals surface area (Å²) < 4.78 is 0. The highest BCUT2D eigenvalue weighted by Crippen LogP contribution is 2.19. The van der Waals surface area contributed by atoms with Gasteiger partial charge in [0.15, 0.2) is 0 Å². The maximum absolute atomic E-state index is 5.26. The predicted molar refractivity (Wildman–Crippen MR) is 64.9 cm³/mol. The number of anilines is 1. The molecule has 0 aliphatic rings. The van der Waals surface area contributed by atoms with E-state index in [2.05, 4.69) is 15.7 Å². The van der Waals surface area contributed by atoms with E-state index in [0.717, 1.165) is 17.1 Å². The summed E-state index contributed by atoms with van der Waals surface area (Å²) in [5.74, 6) is 5.26. The zero-order chi connectivity index (χ0) is 11.2. The molecule has 80 valence electrons. The molecule has 0 saturated heterocycles. The largest absolute Gasteiger partial charge is 0.324 e. The zero-order valence-electron chi connectivity index (χ0n) is 8.67. The van der Waals surface area contributed by atoms with Gasteiger partial charge in [0.1, 0.15) is 0 Å². The molecule has 0 heterocycles. The zero-order valence-corrected chi connectivity index (χ0v) is 8.67. The Morgan fingerprint density at radius 3 is 1.88 bits per heavy atom. The molecule has 0 atom stereocenters. The Kier molecular flexibility index (Phi) is 3.25. The maximum atomic E-state index is 5.26. The molecule has 2 aromatic carbocycles. The molecule has 2 aromatic rings. The average Bonchev–Trinajstić information content (AvgIpc) is 2.38. The van der Waals surface area contributed by atoms with E-state index < -0.39 is 0 Å². The standard InChI is InChI=1S/C12H12N4/c13-14-10-6-8-12(9-7-10)16-15-11-4-2-1-3-5-11/h1-9,14H,13H2. The van der Waals surface area contributed by atoms with E-state index >= 15 is 0 Å². The van der Waals surface area contributed by atoms with Crippen LogP contribution in [0.1, 0.15) is 0 Å². The summed E-state index contributed by atoms with van der Waals surface area (Å²) in [6, 6.07) is 17.0. The number of benzene rings is 2. The van der Waals surface area contributed by atoms with Crippen LogP contribution in [0.25, 0.3) is 0 Å². The fraction of sp³-hybridized carbons (Fsp3) is 0. The smallest absolute Gasteiger partial charge is 0.0858 e. The van der Waals surface area contributed by atoms with E-state index in [9.17, 15) is 0 Å². The number of hydrogen-bond donors (Lipinski definition) is 2. The highest BCUT2D eigenvalue weighted by atomic mass is 15.2. The van der Waals surface area contributed by atoms with Crippen LogP contribution < -0.4 is 11.3 Å². The molecular weight excluding hydrogens is 200 g/mol. The van der Waals surface area contributed by atoms with Gasteiger partial charge in [0.25, 0.3) is 0 Å². The average molecular weight is 212 g/mol. The summed E-state index contributed by atoms with van der Waals surface area (Å²) in [5, 5.41) is 8.21. The lowest BCUT2D eigenvalue weighted by Gasteiger charge is -1.98. The number of nitrogens with zero attached hydrogens (tertiary/aromatic N) is 2. The molecule has 0 radical (unpaired) electrons. The minimum atomic E-state index is 0.794. The van der Waals surface area contributed by atoms with E-state index in [1.165, 1.54) is 0 Å². The van der Waals surface area contributed by atoms with Crippen LogP contribution in [0, 0.1) is 0 Å². The second-order valence-corrected chi connectivity index (χ2v) is 3.23. The van der Waals surface area contributed by atoms with Crippen LogP contribution in [0.3, 0.4) is 0 Å². The van der Waals surface area contributed by atoms with Gasteiger partial charge in [-0.25, -0.2) is 0 Å². The highest BCUT2D eigenvalue weighted by molar-refractivity contribution is 5.50. The van der Waals surface area contributed by atoms with Crippen molar-refractivity contribution in [3.63, 3.8) is 0 Å². The molecule has 0 spiro atoms. The van der Waals surface area contributed by atoms with Crippen molar-refractivity contribution >= 4 is 17.1 Å². The second kappa shape index (κ2) is 5.04. The Balaban J connectivity index is 2.12. The topological polar surface area (TPSA) is 62.8 Å². The number of azo groups is 1. The molecule has 0 aliphatic carbocycles. The first-order chi connectivity index (χ1) is 7.88. The first-order valence-corrected chi connectivity index (χ1v) is 4.92. The summed E-state index contributed by atoms with van der Waals surface area (Å²) >= 11 is 0. The highest BCUT2D eigenvalue weighted by Gasteiger charge is 1.91. The SMILES string of the molecule is NNc1ccc(N=Nc2ccccc2)cc1. The lowest BCUT2D eigenvalue weighted by Crippen LogP contribution is -2.05. The van der Waals surface area contributed by atoms with E-state index in [1.807, 2.05) is 54.6 Å². The van der Waals surface area contributed by atoms with Gasteiger partial charge in [0.2, 0.25) is 0 Å². The molecule has 0 aliphatic heterocycles. The van der Waals surface area contributed by atoms with Crippen molar-refractivity contribution in [2.75, 3.05) is 5.43 Å². The summed E-state index contributed by atoms with van der Waals surface area (Å²) in [4.78, 5) is 0. The molecular formula is C12H12N4. The quantitative estimate of drug-likeness (QED) is 0.465. The number of nitrogen functional groups attached to an aromatic ring is 1. The molecule has 3 N–H and O–H groups in total. The van der Waals surface area contributed by atoms with Crippen molar-refractivity contribution in [1.82, 2.24) is 0 Å². The first-order valence-electron chi connectivity index (χ1n) is 4.92. The van der Waals surface area contributed by atoms with Gasteiger partial charge in [-0.1, -0.05) is 18.2 Å². The minimum absolute atomic E-state index is 0.794. The maximum Gasteiger partial charge on any atom is 0.0858 e. The Bertz CT molecular complexity index is 462. The molecule has 0 saturated carbocycles. The van der Waals surface area contributed by atoms with Gasteiger partial charge in [0, 0.05) is 5.69 Å². The lowest BCUT2D eigenvalue weighted by molar-refractivity contribution is 1.23. The number of rotatable bonds is 3. The fourth-order valence-electron chi connectivity index (χ4n) is 1.23. The van der Waals surface area contributed by atoms with Gasteiger partial charge in [-0.2, -0.15) is 10.2 Å². The van der Waals surface area contributed by atoms with Crippen molar-refractivity contribution in [2.45, 2.75) is 0 Å². The predicted octanol–water partition coefficient (Wildman–Crippen LogP) is 3.39. The van der Waals surface area contributed by atoms with Crippen LogP contribution in [-0.2, 0) is 0 Å². The van der Waals surface area contributed by atoms with Crippen LogP contribution in [0.2, 0.25) is 0 Å². The van der Waals surface area contributed by atoms with Gasteiger partial charge < -0.3 is 5.43 Å². The molecule has 0 fully saturated rings.